The second-order valence-electron chi connectivity index (χ2n) is 3.91. The monoisotopic (exact) mass is 247 g/mol. The van der Waals surface area contributed by atoms with Gasteiger partial charge in [0.1, 0.15) is 0 Å². The Morgan fingerprint density at radius 3 is 3.00 bits per heavy atom. The summed E-state index contributed by atoms with van der Waals surface area (Å²) >= 11 is 1.71. The summed E-state index contributed by atoms with van der Waals surface area (Å²) in [6, 6.07) is 5.99. The van der Waals surface area contributed by atoms with Gasteiger partial charge in [0.05, 0.1) is 10.7 Å². The van der Waals surface area contributed by atoms with E-state index in [0.717, 1.165) is 42.3 Å². The first kappa shape index (κ1) is 12.2. The molecule has 0 amide bonds. The first-order valence-electron chi connectivity index (χ1n) is 5.92. The Kier molecular flexibility index (Phi) is 4.64. The molecule has 0 fully saturated rings. The van der Waals surface area contributed by atoms with E-state index in [2.05, 4.69) is 27.6 Å². The molecule has 2 heterocycles. The molecule has 4 heteroatoms. The van der Waals surface area contributed by atoms with Crippen LogP contribution in [0.2, 0.25) is 0 Å². The van der Waals surface area contributed by atoms with E-state index in [4.69, 9.17) is 0 Å². The molecule has 90 valence electrons. The summed E-state index contributed by atoms with van der Waals surface area (Å²) in [5.74, 6) is 0. The first-order chi connectivity index (χ1) is 8.38. The molecule has 0 saturated carbocycles. The molecule has 2 aromatic heterocycles. The molecule has 0 atom stereocenters. The van der Waals surface area contributed by atoms with E-state index in [1.165, 1.54) is 0 Å². The van der Waals surface area contributed by atoms with E-state index in [-0.39, 0.29) is 0 Å². The third-order valence-electron chi connectivity index (χ3n) is 2.39. The Morgan fingerprint density at radius 1 is 1.29 bits per heavy atom. The van der Waals surface area contributed by atoms with Gasteiger partial charge in [0.25, 0.3) is 0 Å². The molecule has 2 aromatic rings. The molecular weight excluding hydrogens is 230 g/mol. The van der Waals surface area contributed by atoms with Gasteiger partial charge in [-0.1, -0.05) is 13.0 Å². The van der Waals surface area contributed by atoms with Gasteiger partial charge in [0.15, 0.2) is 0 Å². The van der Waals surface area contributed by atoms with Crippen LogP contribution in [-0.2, 0) is 13.0 Å². The van der Waals surface area contributed by atoms with Gasteiger partial charge in [-0.3, -0.25) is 4.98 Å². The maximum absolute atomic E-state index is 4.59. The molecule has 0 saturated heterocycles. The average molecular weight is 247 g/mol. The molecule has 17 heavy (non-hydrogen) atoms. The standard InChI is InChI=1S/C13H17N3S/c1-2-6-14-9-12-10-17-13(16-12)8-11-5-3-4-7-15-11/h3-5,7,10,14H,2,6,8-9H2,1H3. The summed E-state index contributed by atoms with van der Waals surface area (Å²) < 4.78 is 0. The minimum Gasteiger partial charge on any atom is -0.311 e. The molecule has 0 aliphatic rings. The number of aromatic nitrogens is 2. The van der Waals surface area contributed by atoms with Crippen LogP contribution in [0.4, 0.5) is 0 Å². The number of nitrogens with one attached hydrogen (secondary N) is 1. The van der Waals surface area contributed by atoms with Crippen LogP contribution < -0.4 is 5.32 Å². The van der Waals surface area contributed by atoms with Crippen LogP contribution >= 0.6 is 11.3 Å². The third kappa shape index (κ3) is 3.91. The number of thiazole rings is 1. The van der Waals surface area contributed by atoms with Gasteiger partial charge in [-0.15, -0.1) is 11.3 Å². The molecule has 1 N–H and O–H groups in total. The van der Waals surface area contributed by atoms with Gasteiger partial charge in [-0.25, -0.2) is 4.98 Å². The van der Waals surface area contributed by atoms with E-state index in [0.29, 0.717) is 0 Å². The SMILES string of the molecule is CCCNCc1csc(Cc2ccccn2)n1. The van der Waals surface area contributed by atoms with E-state index in [1.54, 1.807) is 11.3 Å². The molecular formula is C13H17N3S. The van der Waals surface area contributed by atoms with Gasteiger partial charge in [-0.2, -0.15) is 0 Å². The van der Waals surface area contributed by atoms with Crippen LogP contribution in [0.25, 0.3) is 0 Å². The van der Waals surface area contributed by atoms with Crippen LogP contribution in [0.1, 0.15) is 29.7 Å². The molecule has 0 aliphatic heterocycles. The fraction of sp³-hybridized carbons (Fsp3) is 0.385. The van der Waals surface area contributed by atoms with Crippen molar-refractivity contribution in [2.24, 2.45) is 0 Å². The van der Waals surface area contributed by atoms with Gasteiger partial charge >= 0.3 is 0 Å². The number of hydrogen-bond donors (Lipinski definition) is 1. The molecule has 0 radical (unpaired) electrons. The van der Waals surface area contributed by atoms with Gasteiger partial charge in [-0.05, 0) is 25.1 Å². The van der Waals surface area contributed by atoms with E-state index in [9.17, 15) is 0 Å². The first-order valence-corrected chi connectivity index (χ1v) is 6.80. The van der Waals surface area contributed by atoms with Crippen molar-refractivity contribution < 1.29 is 0 Å². The zero-order valence-corrected chi connectivity index (χ0v) is 10.8. The Balaban J connectivity index is 1.90. The summed E-state index contributed by atoms with van der Waals surface area (Å²) in [5, 5.41) is 6.62. The second-order valence-corrected chi connectivity index (χ2v) is 4.85. The molecule has 3 nitrogen and oxygen atoms in total. The second kappa shape index (κ2) is 6.47. The normalized spacial score (nSPS) is 10.6. The number of pyridine rings is 1. The van der Waals surface area contributed by atoms with Crippen molar-refractivity contribution in [1.82, 2.24) is 15.3 Å². The summed E-state index contributed by atoms with van der Waals surface area (Å²) in [7, 11) is 0. The summed E-state index contributed by atoms with van der Waals surface area (Å²) in [6.45, 7) is 4.08. The number of rotatable bonds is 6. The van der Waals surface area contributed by atoms with Crippen molar-refractivity contribution in [2.45, 2.75) is 26.3 Å². The minimum absolute atomic E-state index is 0.833. The lowest BCUT2D eigenvalue weighted by Gasteiger charge is -1.98. The highest BCUT2D eigenvalue weighted by Crippen LogP contribution is 2.13. The molecule has 0 aromatic carbocycles. The van der Waals surface area contributed by atoms with Crippen LogP contribution in [0.3, 0.4) is 0 Å². The maximum atomic E-state index is 4.59. The van der Waals surface area contributed by atoms with E-state index >= 15 is 0 Å². The smallest absolute Gasteiger partial charge is 0.0988 e. The lowest BCUT2D eigenvalue weighted by atomic mass is 10.3. The molecule has 0 unspecified atom stereocenters. The highest BCUT2D eigenvalue weighted by Gasteiger charge is 2.03. The zero-order chi connectivity index (χ0) is 11.9. The summed E-state index contributed by atoms with van der Waals surface area (Å²) in [4.78, 5) is 8.90. The van der Waals surface area contributed by atoms with Crippen molar-refractivity contribution in [3.63, 3.8) is 0 Å². The average Bonchev–Trinajstić information content (AvgIpc) is 2.79. The molecule has 0 spiro atoms. The van der Waals surface area contributed by atoms with Crippen LogP contribution in [0.5, 0.6) is 0 Å². The minimum atomic E-state index is 0.833. The number of hydrogen-bond acceptors (Lipinski definition) is 4. The molecule has 2 rings (SSSR count). The quantitative estimate of drug-likeness (QED) is 0.797. The van der Waals surface area contributed by atoms with Crippen LogP contribution in [0.15, 0.2) is 29.8 Å². The van der Waals surface area contributed by atoms with Crippen molar-refractivity contribution in [3.8, 4) is 0 Å². The summed E-state index contributed by atoms with van der Waals surface area (Å²) in [5.41, 5.74) is 2.21. The van der Waals surface area contributed by atoms with Crippen molar-refractivity contribution in [3.05, 3.63) is 46.2 Å². The Bertz CT molecular complexity index is 439. The fourth-order valence-electron chi connectivity index (χ4n) is 1.56. The van der Waals surface area contributed by atoms with E-state index < -0.39 is 0 Å². The van der Waals surface area contributed by atoms with Gasteiger partial charge in [0, 0.05) is 30.2 Å². The largest absolute Gasteiger partial charge is 0.311 e. The van der Waals surface area contributed by atoms with E-state index in [1.807, 2.05) is 24.4 Å². The summed E-state index contributed by atoms with van der Waals surface area (Å²) in [6.07, 6.45) is 3.82. The Morgan fingerprint density at radius 2 is 2.24 bits per heavy atom. The van der Waals surface area contributed by atoms with Crippen molar-refractivity contribution >= 4 is 11.3 Å². The zero-order valence-electron chi connectivity index (χ0n) is 10.0. The van der Waals surface area contributed by atoms with Gasteiger partial charge < -0.3 is 5.32 Å². The Labute approximate surface area is 106 Å². The van der Waals surface area contributed by atoms with Crippen molar-refractivity contribution in [1.29, 1.82) is 0 Å². The lowest BCUT2D eigenvalue weighted by Crippen LogP contribution is -2.13. The molecule has 0 aliphatic carbocycles. The third-order valence-corrected chi connectivity index (χ3v) is 3.29. The topological polar surface area (TPSA) is 37.8 Å². The Hall–Kier alpha value is -1.26. The maximum Gasteiger partial charge on any atom is 0.0988 e. The highest BCUT2D eigenvalue weighted by molar-refractivity contribution is 7.09. The van der Waals surface area contributed by atoms with Gasteiger partial charge in [0.2, 0.25) is 0 Å². The van der Waals surface area contributed by atoms with Crippen molar-refractivity contribution in [2.75, 3.05) is 6.54 Å². The predicted molar refractivity (Wildman–Crippen MR) is 71.2 cm³/mol. The van der Waals surface area contributed by atoms with Crippen LogP contribution in [-0.4, -0.2) is 16.5 Å². The lowest BCUT2D eigenvalue weighted by molar-refractivity contribution is 0.665. The molecule has 0 bridgehead atoms. The predicted octanol–water partition coefficient (Wildman–Crippen LogP) is 2.63. The van der Waals surface area contributed by atoms with Crippen LogP contribution in [0, 0.1) is 0 Å². The number of nitrogens with zero attached hydrogens (tertiary/aromatic N) is 2. The highest BCUT2D eigenvalue weighted by atomic mass is 32.1. The fourth-order valence-corrected chi connectivity index (χ4v) is 2.37.